The molecular formula is C21H21F2N3O3. The van der Waals surface area contributed by atoms with E-state index in [1.165, 1.54) is 41.3 Å². The molecule has 29 heavy (non-hydrogen) atoms. The molecule has 1 saturated heterocycles. The third-order valence-electron chi connectivity index (χ3n) is 4.47. The molecule has 8 heteroatoms. The lowest BCUT2D eigenvalue weighted by Gasteiger charge is -2.23. The van der Waals surface area contributed by atoms with Crippen LogP contribution in [0.4, 0.5) is 25.0 Å². The van der Waals surface area contributed by atoms with E-state index in [1.54, 1.807) is 0 Å². The van der Waals surface area contributed by atoms with Crippen molar-refractivity contribution in [3.63, 3.8) is 0 Å². The maximum Gasteiger partial charge on any atom is 0.332 e. The summed E-state index contributed by atoms with van der Waals surface area (Å²) in [6, 6.07) is 8.73. The topological polar surface area (TPSA) is 69.7 Å². The van der Waals surface area contributed by atoms with Crippen LogP contribution in [0.25, 0.3) is 0 Å². The molecule has 2 aromatic carbocycles. The summed E-state index contributed by atoms with van der Waals surface area (Å²) in [4.78, 5) is 40.6. The van der Waals surface area contributed by atoms with Gasteiger partial charge in [0.25, 0.3) is 5.91 Å². The molecule has 1 N–H and O–H groups in total. The van der Waals surface area contributed by atoms with E-state index in [4.69, 9.17) is 0 Å². The van der Waals surface area contributed by atoms with Crippen LogP contribution >= 0.6 is 0 Å². The van der Waals surface area contributed by atoms with Gasteiger partial charge in [0.15, 0.2) is 0 Å². The molecular weight excluding hydrogens is 380 g/mol. The third-order valence-corrected chi connectivity index (χ3v) is 4.47. The number of carbonyl (C=O) groups is 3. The van der Waals surface area contributed by atoms with Crippen molar-refractivity contribution in [1.29, 1.82) is 0 Å². The number of rotatable bonds is 6. The van der Waals surface area contributed by atoms with E-state index in [2.05, 4.69) is 5.32 Å². The Bertz CT molecular complexity index is 914. The lowest BCUT2D eigenvalue weighted by molar-refractivity contribution is -0.124. The van der Waals surface area contributed by atoms with Gasteiger partial charge >= 0.3 is 6.03 Å². The fraction of sp³-hybridized carbons (Fsp3) is 0.286. The monoisotopic (exact) mass is 401 g/mol. The van der Waals surface area contributed by atoms with E-state index in [1.807, 2.05) is 13.8 Å². The summed E-state index contributed by atoms with van der Waals surface area (Å²) in [6.07, 6.45) is -0.244. The zero-order chi connectivity index (χ0) is 21.1. The van der Waals surface area contributed by atoms with Gasteiger partial charge in [-0.15, -0.1) is 0 Å². The Kier molecular flexibility index (Phi) is 5.91. The number of imide groups is 1. The number of halogens is 2. The molecule has 0 aromatic heterocycles. The molecule has 1 heterocycles. The maximum atomic E-state index is 13.2. The fourth-order valence-corrected chi connectivity index (χ4v) is 3.18. The van der Waals surface area contributed by atoms with Crippen LogP contribution in [0, 0.1) is 17.6 Å². The van der Waals surface area contributed by atoms with Crippen LogP contribution < -0.4 is 10.2 Å². The first-order chi connectivity index (χ1) is 13.8. The highest BCUT2D eigenvalue weighted by molar-refractivity contribution is 6.22. The number of nitrogens with zero attached hydrogens (tertiary/aromatic N) is 2. The van der Waals surface area contributed by atoms with Gasteiger partial charge in [0.2, 0.25) is 5.91 Å². The van der Waals surface area contributed by atoms with Crippen LogP contribution in [0.5, 0.6) is 0 Å². The maximum absolute atomic E-state index is 13.2. The van der Waals surface area contributed by atoms with E-state index in [9.17, 15) is 23.2 Å². The Balaban J connectivity index is 1.81. The average molecular weight is 401 g/mol. The van der Waals surface area contributed by atoms with Gasteiger partial charge in [-0.3, -0.25) is 9.59 Å². The Morgan fingerprint density at radius 3 is 2.10 bits per heavy atom. The van der Waals surface area contributed by atoms with Crippen molar-refractivity contribution in [2.24, 2.45) is 5.92 Å². The number of hydrogen-bond acceptors (Lipinski definition) is 3. The highest BCUT2D eigenvalue weighted by atomic mass is 19.1. The quantitative estimate of drug-likeness (QED) is 0.749. The van der Waals surface area contributed by atoms with Crippen molar-refractivity contribution < 1.29 is 23.2 Å². The SMILES string of the molecule is CC(C)CN1C(=O)N(c2ccc(F)cc2)C(=O)[C@H]1CC(=O)Nc1ccc(F)cc1. The van der Waals surface area contributed by atoms with Gasteiger partial charge in [0.1, 0.15) is 17.7 Å². The molecule has 0 bridgehead atoms. The molecule has 6 nitrogen and oxygen atoms in total. The smallest absolute Gasteiger partial charge is 0.326 e. The normalized spacial score (nSPS) is 16.7. The van der Waals surface area contributed by atoms with Gasteiger partial charge in [0.05, 0.1) is 12.1 Å². The molecule has 0 spiro atoms. The molecule has 152 valence electrons. The van der Waals surface area contributed by atoms with Crippen LogP contribution in [0.1, 0.15) is 20.3 Å². The minimum Gasteiger partial charge on any atom is -0.326 e. The molecule has 2 aromatic rings. The largest absolute Gasteiger partial charge is 0.332 e. The first-order valence-electron chi connectivity index (χ1n) is 9.22. The minimum absolute atomic E-state index is 0.0718. The first kappa shape index (κ1) is 20.4. The highest BCUT2D eigenvalue weighted by Gasteiger charge is 2.46. The van der Waals surface area contributed by atoms with Crippen molar-refractivity contribution in [1.82, 2.24) is 4.90 Å². The van der Waals surface area contributed by atoms with Gasteiger partial charge in [-0.25, -0.2) is 18.5 Å². The van der Waals surface area contributed by atoms with Crippen LogP contribution in [-0.2, 0) is 9.59 Å². The number of hydrogen-bond donors (Lipinski definition) is 1. The number of amides is 4. The highest BCUT2D eigenvalue weighted by Crippen LogP contribution is 2.28. The Morgan fingerprint density at radius 2 is 1.55 bits per heavy atom. The van der Waals surface area contributed by atoms with Crippen molar-refractivity contribution in [2.45, 2.75) is 26.3 Å². The summed E-state index contributed by atoms with van der Waals surface area (Å²) in [5.74, 6) is -1.86. The lowest BCUT2D eigenvalue weighted by atomic mass is 10.1. The van der Waals surface area contributed by atoms with Crippen LogP contribution in [-0.4, -0.2) is 35.3 Å². The van der Waals surface area contributed by atoms with Gasteiger partial charge in [-0.05, 0) is 54.4 Å². The zero-order valence-electron chi connectivity index (χ0n) is 16.1. The molecule has 1 fully saturated rings. The zero-order valence-corrected chi connectivity index (χ0v) is 16.1. The summed E-state index contributed by atoms with van der Waals surface area (Å²) in [5, 5.41) is 2.60. The van der Waals surface area contributed by atoms with Gasteiger partial charge < -0.3 is 10.2 Å². The number of benzene rings is 2. The molecule has 1 aliphatic rings. The molecule has 0 unspecified atom stereocenters. The minimum atomic E-state index is -0.976. The Hall–Kier alpha value is -3.29. The van der Waals surface area contributed by atoms with Crippen LogP contribution in [0.15, 0.2) is 48.5 Å². The molecule has 0 saturated carbocycles. The summed E-state index contributed by atoms with van der Waals surface area (Å²) < 4.78 is 26.2. The van der Waals surface area contributed by atoms with E-state index >= 15 is 0 Å². The fourth-order valence-electron chi connectivity index (χ4n) is 3.18. The Morgan fingerprint density at radius 1 is 1.00 bits per heavy atom. The van der Waals surface area contributed by atoms with E-state index in [0.29, 0.717) is 5.69 Å². The summed E-state index contributed by atoms with van der Waals surface area (Å²) in [5.41, 5.74) is 0.635. The van der Waals surface area contributed by atoms with Crippen LogP contribution in [0.3, 0.4) is 0 Å². The number of nitrogens with one attached hydrogen (secondary N) is 1. The average Bonchev–Trinajstić information content (AvgIpc) is 2.88. The van der Waals surface area contributed by atoms with Crippen molar-refractivity contribution in [2.75, 3.05) is 16.8 Å². The predicted molar refractivity (Wildman–Crippen MR) is 104 cm³/mol. The van der Waals surface area contributed by atoms with E-state index < -0.39 is 35.5 Å². The first-order valence-corrected chi connectivity index (χ1v) is 9.22. The second-order valence-electron chi connectivity index (χ2n) is 7.25. The molecule has 1 aliphatic heterocycles. The summed E-state index contributed by atoms with van der Waals surface area (Å²) >= 11 is 0. The molecule has 4 amide bonds. The molecule has 3 rings (SSSR count). The third kappa shape index (κ3) is 4.59. The van der Waals surface area contributed by atoms with Crippen LogP contribution in [0.2, 0.25) is 0 Å². The summed E-state index contributed by atoms with van der Waals surface area (Å²) in [7, 11) is 0. The number of carbonyl (C=O) groups excluding carboxylic acids is 3. The summed E-state index contributed by atoms with van der Waals surface area (Å²) in [6.45, 7) is 4.08. The molecule has 0 aliphatic carbocycles. The van der Waals surface area contributed by atoms with Crippen molar-refractivity contribution >= 4 is 29.2 Å². The van der Waals surface area contributed by atoms with E-state index in [0.717, 1.165) is 17.0 Å². The number of anilines is 2. The van der Waals surface area contributed by atoms with Crippen molar-refractivity contribution in [3.8, 4) is 0 Å². The van der Waals surface area contributed by atoms with Gasteiger partial charge in [0, 0.05) is 12.2 Å². The van der Waals surface area contributed by atoms with E-state index in [-0.39, 0.29) is 24.6 Å². The van der Waals surface area contributed by atoms with Gasteiger partial charge in [-0.1, -0.05) is 13.8 Å². The molecule has 1 atom stereocenters. The van der Waals surface area contributed by atoms with Crippen molar-refractivity contribution in [3.05, 3.63) is 60.2 Å². The standard InChI is InChI=1S/C21H21F2N3O3/c1-13(2)12-25-18(11-19(27)24-16-7-3-14(22)4-8-16)20(28)26(21(25)29)17-9-5-15(23)6-10-17/h3-10,13,18H,11-12H2,1-2H3,(H,24,27)/t18-/m1/s1. The number of urea groups is 1. The molecule has 0 radical (unpaired) electrons. The van der Waals surface area contributed by atoms with Gasteiger partial charge in [-0.2, -0.15) is 0 Å². The second kappa shape index (κ2) is 8.38. The Labute approximate surface area is 167 Å². The predicted octanol–water partition coefficient (Wildman–Crippen LogP) is 3.79. The second-order valence-corrected chi connectivity index (χ2v) is 7.25. The lowest BCUT2D eigenvalue weighted by Crippen LogP contribution is -2.40.